The third kappa shape index (κ3) is 6.38. The molecular weight excluding hydrogens is 236 g/mol. The largest absolute Gasteiger partial charge is 0.320 e. The van der Waals surface area contributed by atoms with E-state index in [0.29, 0.717) is 6.42 Å². The SMILES string of the molecule is CCC(CC)(CC)NS(=O)(=O)CCCCNC. The summed E-state index contributed by atoms with van der Waals surface area (Å²) in [5, 5.41) is 3.02. The Morgan fingerprint density at radius 2 is 1.53 bits per heavy atom. The predicted octanol–water partition coefficient (Wildman–Crippen LogP) is 1.87. The molecule has 2 N–H and O–H groups in total. The molecule has 0 saturated carbocycles. The highest BCUT2D eigenvalue weighted by Gasteiger charge is 2.28. The van der Waals surface area contributed by atoms with E-state index < -0.39 is 10.0 Å². The van der Waals surface area contributed by atoms with Crippen LogP contribution in [0.2, 0.25) is 0 Å². The average molecular weight is 264 g/mol. The molecule has 0 radical (unpaired) electrons. The summed E-state index contributed by atoms with van der Waals surface area (Å²) in [6.07, 6.45) is 4.14. The van der Waals surface area contributed by atoms with E-state index in [4.69, 9.17) is 0 Å². The average Bonchev–Trinajstić information content (AvgIpc) is 2.32. The molecule has 0 amide bonds. The van der Waals surface area contributed by atoms with Gasteiger partial charge >= 0.3 is 0 Å². The van der Waals surface area contributed by atoms with E-state index in [0.717, 1.165) is 32.2 Å². The van der Waals surface area contributed by atoms with Gasteiger partial charge in [-0.25, -0.2) is 13.1 Å². The van der Waals surface area contributed by atoms with E-state index in [1.807, 2.05) is 27.8 Å². The molecule has 0 aromatic rings. The first-order valence-corrected chi connectivity index (χ1v) is 8.26. The Balaban J connectivity index is 4.31. The van der Waals surface area contributed by atoms with Gasteiger partial charge in [-0.15, -0.1) is 0 Å². The summed E-state index contributed by atoms with van der Waals surface area (Å²) in [4.78, 5) is 0. The van der Waals surface area contributed by atoms with Crippen molar-refractivity contribution in [2.24, 2.45) is 0 Å². The number of rotatable bonds is 10. The Morgan fingerprint density at radius 3 is 1.94 bits per heavy atom. The maximum atomic E-state index is 12.0. The van der Waals surface area contributed by atoms with Crippen LogP contribution < -0.4 is 10.0 Å². The van der Waals surface area contributed by atoms with Gasteiger partial charge in [0.05, 0.1) is 5.75 Å². The molecule has 17 heavy (non-hydrogen) atoms. The third-order valence-electron chi connectivity index (χ3n) is 3.49. The van der Waals surface area contributed by atoms with Crippen LogP contribution in [-0.4, -0.2) is 33.3 Å². The van der Waals surface area contributed by atoms with Crippen molar-refractivity contribution in [3.05, 3.63) is 0 Å². The Bertz CT molecular complexity index is 277. The molecule has 0 bridgehead atoms. The number of nitrogens with one attached hydrogen (secondary N) is 2. The van der Waals surface area contributed by atoms with Crippen LogP contribution in [0.4, 0.5) is 0 Å². The molecule has 0 aliphatic heterocycles. The van der Waals surface area contributed by atoms with E-state index in [1.54, 1.807) is 0 Å². The Labute approximate surface area is 107 Å². The fraction of sp³-hybridized carbons (Fsp3) is 1.00. The van der Waals surface area contributed by atoms with Crippen LogP contribution in [0.15, 0.2) is 0 Å². The summed E-state index contributed by atoms with van der Waals surface area (Å²) >= 11 is 0. The first kappa shape index (κ1) is 16.9. The molecule has 0 fully saturated rings. The monoisotopic (exact) mass is 264 g/mol. The smallest absolute Gasteiger partial charge is 0.212 e. The second-order valence-electron chi connectivity index (χ2n) is 4.57. The van der Waals surface area contributed by atoms with E-state index in [1.165, 1.54) is 0 Å². The van der Waals surface area contributed by atoms with Gasteiger partial charge in [0.25, 0.3) is 0 Å². The summed E-state index contributed by atoms with van der Waals surface area (Å²) in [6, 6.07) is 0. The summed E-state index contributed by atoms with van der Waals surface area (Å²) in [5.74, 6) is 0.233. The van der Waals surface area contributed by atoms with Crippen molar-refractivity contribution < 1.29 is 8.42 Å². The summed E-state index contributed by atoms with van der Waals surface area (Å²) < 4.78 is 26.8. The minimum atomic E-state index is -3.13. The standard InChI is InChI=1S/C12H28N2O2S/c1-5-12(6-2,7-3)14-17(15,16)11-9-8-10-13-4/h13-14H,5-11H2,1-4H3. The van der Waals surface area contributed by atoms with Crippen LogP contribution in [-0.2, 0) is 10.0 Å². The zero-order valence-corrected chi connectivity index (χ0v) is 12.5. The van der Waals surface area contributed by atoms with Crippen molar-refractivity contribution in [2.45, 2.75) is 58.4 Å². The summed E-state index contributed by atoms with van der Waals surface area (Å²) in [5.41, 5.74) is -0.248. The van der Waals surface area contributed by atoms with Crippen LogP contribution in [0.25, 0.3) is 0 Å². The minimum Gasteiger partial charge on any atom is -0.320 e. The maximum Gasteiger partial charge on any atom is 0.212 e. The number of hydrogen-bond acceptors (Lipinski definition) is 3. The molecule has 0 heterocycles. The number of sulfonamides is 1. The number of hydrogen-bond donors (Lipinski definition) is 2. The van der Waals surface area contributed by atoms with Gasteiger partial charge in [0.15, 0.2) is 0 Å². The molecule has 0 aliphatic carbocycles. The van der Waals surface area contributed by atoms with E-state index in [9.17, 15) is 8.42 Å². The zero-order valence-electron chi connectivity index (χ0n) is 11.7. The highest BCUT2D eigenvalue weighted by atomic mass is 32.2. The molecule has 104 valence electrons. The summed E-state index contributed by atoms with van der Waals surface area (Å²) in [7, 11) is -1.26. The lowest BCUT2D eigenvalue weighted by molar-refractivity contribution is 0.341. The lowest BCUT2D eigenvalue weighted by Gasteiger charge is -2.31. The molecule has 0 aliphatic rings. The van der Waals surface area contributed by atoms with Crippen LogP contribution in [0, 0.1) is 0 Å². The Morgan fingerprint density at radius 1 is 1.00 bits per heavy atom. The topological polar surface area (TPSA) is 58.2 Å². The first-order valence-electron chi connectivity index (χ1n) is 6.61. The summed E-state index contributed by atoms with van der Waals surface area (Å²) in [6.45, 7) is 6.99. The van der Waals surface area contributed by atoms with Crippen molar-refractivity contribution in [3.63, 3.8) is 0 Å². The molecule has 0 unspecified atom stereocenters. The number of unbranched alkanes of at least 4 members (excludes halogenated alkanes) is 1. The second kappa shape index (κ2) is 8.06. The second-order valence-corrected chi connectivity index (χ2v) is 6.41. The predicted molar refractivity (Wildman–Crippen MR) is 73.7 cm³/mol. The van der Waals surface area contributed by atoms with Crippen molar-refractivity contribution in [1.82, 2.24) is 10.0 Å². The molecule has 0 spiro atoms. The highest BCUT2D eigenvalue weighted by Crippen LogP contribution is 2.20. The van der Waals surface area contributed by atoms with E-state index in [-0.39, 0.29) is 11.3 Å². The van der Waals surface area contributed by atoms with Crippen LogP contribution >= 0.6 is 0 Å². The normalized spacial score (nSPS) is 12.9. The molecule has 4 nitrogen and oxygen atoms in total. The fourth-order valence-electron chi connectivity index (χ4n) is 1.94. The van der Waals surface area contributed by atoms with Gasteiger partial charge in [-0.2, -0.15) is 0 Å². The molecular formula is C12H28N2O2S. The van der Waals surface area contributed by atoms with E-state index in [2.05, 4.69) is 10.0 Å². The third-order valence-corrected chi connectivity index (χ3v) is 5.06. The van der Waals surface area contributed by atoms with Gasteiger partial charge in [0, 0.05) is 5.54 Å². The van der Waals surface area contributed by atoms with Crippen molar-refractivity contribution >= 4 is 10.0 Å². The van der Waals surface area contributed by atoms with Gasteiger partial charge in [0.2, 0.25) is 10.0 Å². The van der Waals surface area contributed by atoms with Crippen LogP contribution in [0.5, 0.6) is 0 Å². The minimum absolute atomic E-state index is 0.233. The lowest BCUT2D eigenvalue weighted by atomic mass is 9.91. The first-order chi connectivity index (χ1) is 7.95. The molecule has 0 rings (SSSR count). The fourth-order valence-corrected chi connectivity index (χ4v) is 3.72. The van der Waals surface area contributed by atoms with Gasteiger partial charge in [-0.3, -0.25) is 0 Å². The Hall–Kier alpha value is -0.130. The molecule has 0 aromatic carbocycles. The van der Waals surface area contributed by atoms with Gasteiger partial charge in [0.1, 0.15) is 0 Å². The molecule has 0 aromatic heterocycles. The van der Waals surface area contributed by atoms with Gasteiger partial charge < -0.3 is 5.32 Å². The van der Waals surface area contributed by atoms with Gasteiger partial charge in [-0.05, 0) is 45.7 Å². The van der Waals surface area contributed by atoms with Crippen molar-refractivity contribution in [1.29, 1.82) is 0 Å². The lowest BCUT2D eigenvalue weighted by Crippen LogP contribution is -2.47. The van der Waals surface area contributed by atoms with Crippen molar-refractivity contribution in [3.8, 4) is 0 Å². The van der Waals surface area contributed by atoms with Crippen molar-refractivity contribution in [2.75, 3.05) is 19.3 Å². The van der Waals surface area contributed by atoms with E-state index >= 15 is 0 Å². The quantitative estimate of drug-likeness (QED) is 0.592. The molecule has 5 heteroatoms. The van der Waals surface area contributed by atoms with Crippen LogP contribution in [0.3, 0.4) is 0 Å². The van der Waals surface area contributed by atoms with Crippen LogP contribution in [0.1, 0.15) is 52.9 Å². The highest BCUT2D eigenvalue weighted by molar-refractivity contribution is 7.89. The molecule has 0 saturated heterocycles. The zero-order chi connectivity index (χ0) is 13.4. The molecule has 0 atom stereocenters. The Kier molecular flexibility index (Phi) is 8.00. The maximum absolute atomic E-state index is 12.0. The van der Waals surface area contributed by atoms with Gasteiger partial charge in [-0.1, -0.05) is 20.8 Å².